The molecule has 4 rings (SSSR count). The second-order valence-corrected chi connectivity index (χ2v) is 7.10. The van der Waals surface area contributed by atoms with E-state index < -0.39 is 17.7 Å². The van der Waals surface area contributed by atoms with E-state index >= 15 is 0 Å². The minimum Gasteiger partial charge on any atom is -0.508 e. The zero-order valence-electron chi connectivity index (χ0n) is 16.1. The van der Waals surface area contributed by atoms with Gasteiger partial charge in [-0.15, -0.1) is 0 Å². The Morgan fingerprint density at radius 2 is 2.10 bits per heavy atom. The minimum atomic E-state index is -0.568. The standard InChI is InChI=1S/C22H19F2N3O3/c1-26(13-18-7-8-25-30-18)22(29)27-12-15(19-11-16(23)5-6-20(19)24)10-21(27)14-3-2-4-17(28)9-14/h2-11,21,28H,12-13H2,1H3. The Hall–Kier alpha value is -3.68. The highest BCUT2D eigenvalue weighted by Crippen LogP contribution is 2.37. The predicted molar refractivity (Wildman–Crippen MR) is 105 cm³/mol. The minimum absolute atomic E-state index is 0.0497. The van der Waals surface area contributed by atoms with Gasteiger partial charge in [0.05, 0.1) is 18.8 Å². The van der Waals surface area contributed by atoms with Crippen molar-refractivity contribution in [3.8, 4) is 5.75 Å². The fourth-order valence-corrected chi connectivity index (χ4v) is 3.55. The van der Waals surface area contributed by atoms with Crippen LogP contribution in [0.15, 0.2) is 65.3 Å². The van der Waals surface area contributed by atoms with Gasteiger partial charge in [0.15, 0.2) is 5.76 Å². The summed E-state index contributed by atoms with van der Waals surface area (Å²) in [6.07, 6.45) is 3.21. The molecule has 0 saturated carbocycles. The normalized spacial score (nSPS) is 15.9. The van der Waals surface area contributed by atoms with Gasteiger partial charge in [-0.25, -0.2) is 13.6 Å². The van der Waals surface area contributed by atoms with Gasteiger partial charge in [0.1, 0.15) is 17.4 Å². The lowest BCUT2D eigenvalue weighted by atomic mass is 10.0. The molecule has 30 heavy (non-hydrogen) atoms. The zero-order valence-corrected chi connectivity index (χ0v) is 16.1. The average molecular weight is 411 g/mol. The summed E-state index contributed by atoms with van der Waals surface area (Å²) in [5, 5.41) is 13.5. The van der Waals surface area contributed by atoms with E-state index in [9.17, 15) is 18.7 Å². The van der Waals surface area contributed by atoms with Crippen LogP contribution in [-0.2, 0) is 6.54 Å². The molecule has 1 aromatic heterocycles. The SMILES string of the molecule is CN(Cc1ccno1)C(=O)N1CC(c2cc(F)ccc2F)=CC1c1cccc(O)c1. The predicted octanol–water partition coefficient (Wildman–Crippen LogP) is 4.35. The van der Waals surface area contributed by atoms with Crippen molar-refractivity contribution < 1.29 is 23.2 Å². The number of rotatable bonds is 4. The molecule has 0 saturated heterocycles. The lowest BCUT2D eigenvalue weighted by molar-refractivity contribution is 0.155. The summed E-state index contributed by atoms with van der Waals surface area (Å²) >= 11 is 0. The number of hydrogen-bond acceptors (Lipinski definition) is 4. The van der Waals surface area contributed by atoms with Crippen LogP contribution in [-0.4, -0.2) is 39.7 Å². The van der Waals surface area contributed by atoms with E-state index in [0.717, 1.165) is 18.2 Å². The molecule has 2 aromatic carbocycles. The lowest BCUT2D eigenvalue weighted by Gasteiger charge is -2.29. The molecule has 0 bridgehead atoms. The number of urea groups is 1. The summed E-state index contributed by atoms with van der Waals surface area (Å²) in [5.74, 6) is -0.563. The fraction of sp³-hybridized carbons (Fsp3) is 0.182. The smallest absolute Gasteiger partial charge is 0.321 e. The first-order chi connectivity index (χ1) is 14.4. The quantitative estimate of drug-likeness (QED) is 0.693. The van der Waals surface area contributed by atoms with Crippen LogP contribution >= 0.6 is 0 Å². The Kier molecular flexibility index (Phi) is 5.22. The van der Waals surface area contributed by atoms with Crippen LogP contribution in [0.2, 0.25) is 0 Å². The second-order valence-electron chi connectivity index (χ2n) is 7.10. The molecule has 2 heterocycles. The Labute approximate surface area is 171 Å². The summed E-state index contributed by atoms with van der Waals surface area (Å²) in [7, 11) is 1.62. The van der Waals surface area contributed by atoms with Gasteiger partial charge in [-0.2, -0.15) is 0 Å². The highest BCUT2D eigenvalue weighted by atomic mass is 19.1. The summed E-state index contributed by atoms with van der Waals surface area (Å²) in [6.45, 7) is 0.284. The zero-order chi connectivity index (χ0) is 21.3. The van der Waals surface area contributed by atoms with Gasteiger partial charge in [-0.05, 0) is 41.5 Å². The van der Waals surface area contributed by atoms with E-state index in [-0.39, 0.29) is 30.4 Å². The number of hydrogen-bond donors (Lipinski definition) is 1. The fourth-order valence-electron chi connectivity index (χ4n) is 3.55. The molecule has 0 fully saturated rings. The van der Waals surface area contributed by atoms with Crippen molar-refractivity contribution in [3.63, 3.8) is 0 Å². The number of aromatic hydroxyl groups is 1. The number of nitrogens with zero attached hydrogens (tertiary/aromatic N) is 3. The summed E-state index contributed by atoms with van der Waals surface area (Å²) in [5.41, 5.74) is 1.25. The van der Waals surface area contributed by atoms with Crippen LogP contribution in [0.5, 0.6) is 5.75 Å². The van der Waals surface area contributed by atoms with E-state index in [4.69, 9.17) is 4.52 Å². The number of amides is 2. The van der Waals surface area contributed by atoms with Crippen molar-refractivity contribution in [2.75, 3.05) is 13.6 Å². The molecule has 1 atom stereocenters. The van der Waals surface area contributed by atoms with E-state index in [1.807, 2.05) is 0 Å². The molecule has 1 unspecified atom stereocenters. The van der Waals surface area contributed by atoms with Crippen molar-refractivity contribution in [3.05, 3.63) is 89.3 Å². The molecule has 1 aliphatic heterocycles. The molecule has 3 aromatic rings. The van der Waals surface area contributed by atoms with Gasteiger partial charge >= 0.3 is 6.03 Å². The van der Waals surface area contributed by atoms with Crippen LogP contribution in [0.3, 0.4) is 0 Å². The molecule has 0 spiro atoms. The molecule has 2 amide bonds. The van der Waals surface area contributed by atoms with Crippen LogP contribution in [0.1, 0.15) is 22.9 Å². The van der Waals surface area contributed by atoms with Crippen LogP contribution < -0.4 is 0 Å². The molecule has 1 N–H and O–H groups in total. The molecule has 1 aliphatic rings. The third-order valence-electron chi connectivity index (χ3n) is 4.98. The highest BCUT2D eigenvalue weighted by molar-refractivity contribution is 5.82. The van der Waals surface area contributed by atoms with Crippen molar-refractivity contribution in [1.82, 2.24) is 15.0 Å². The molecule has 0 radical (unpaired) electrons. The Morgan fingerprint density at radius 3 is 2.83 bits per heavy atom. The third kappa shape index (κ3) is 3.89. The number of phenols is 1. The maximum Gasteiger partial charge on any atom is 0.321 e. The summed E-state index contributed by atoms with van der Waals surface area (Å²) < 4.78 is 33.2. The first kappa shape index (κ1) is 19.6. The largest absolute Gasteiger partial charge is 0.508 e. The highest BCUT2D eigenvalue weighted by Gasteiger charge is 2.33. The van der Waals surface area contributed by atoms with Crippen LogP contribution in [0.25, 0.3) is 5.57 Å². The summed E-state index contributed by atoms with van der Waals surface area (Å²) in [4.78, 5) is 16.2. The molecular weight excluding hydrogens is 392 g/mol. The van der Waals surface area contributed by atoms with Crippen LogP contribution in [0.4, 0.5) is 13.6 Å². The Bertz CT molecular complexity index is 1100. The topological polar surface area (TPSA) is 69.8 Å². The summed E-state index contributed by atoms with van der Waals surface area (Å²) in [6, 6.07) is 10.5. The van der Waals surface area contributed by atoms with Crippen molar-refractivity contribution in [2.45, 2.75) is 12.6 Å². The van der Waals surface area contributed by atoms with E-state index in [1.165, 1.54) is 22.1 Å². The molecular formula is C22H19F2N3O3. The van der Waals surface area contributed by atoms with Gasteiger partial charge in [0.2, 0.25) is 0 Å². The number of carbonyl (C=O) groups excluding carboxylic acids is 1. The number of phenolic OH excluding ortho intramolecular Hbond substituents is 1. The maximum absolute atomic E-state index is 14.4. The number of benzene rings is 2. The maximum atomic E-state index is 14.4. The lowest BCUT2D eigenvalue weighted by Crippen LogP contribution is -2.41. The number of halogens is 2. The first-order valence-corrected chi connectivity index (χ1v) is 9.28. The first-order valence-electron chi connectivity index (χ1n) is 9.28. The number of aromatic nitrogens is 1. The molecule has 154 valence electrons. The Morgan fingerprint density at radius 1 is 1.27 bits per heavy atom. The monoisotopic (exact) mass is 411 g/mol. The van der Waals surface area contributed by atoms with E-state index in [2.05, 4.69) is 5.16 Å². The van der Waals surface area contributed by atoms with Crippen molar-refractivity contribution in [2.24, 2.45) is 0 Å². The van der Waals surface area contributed by atoms with E-state index in [1.54, 1.807) is 37.4 Å². The van der Waals surface area contributed by atoms with Crippen molar-refractivity contribution >= 4 is 11.6 Å². The third-order valence-corrected chi connectivity index (χ3v) is 4.98. The van der Waals surface area contributed by atoms with Gasteiger partial charge in [0, 0.05) is 25.2 Å². The van der Waals surface area contributed by atoms with Gasteiger partial charge in [-0.3, -0.25) is 0 Å². The van der Waals surface area contributed by atoms with Gasteiger partial charge in [-0.1, -0.05) is 23.4 Å². The van der Waals surface area contributed by atoms with Gasteiger partial charge < -0.3 is 19.4 Å². The Balaban J connectivity index is 1.68. The van der Waals surface area contributed by atoms with E-state index in [0.29, 0.717) is 16.9 Å². The number of carbonyl (C=O) groups is 1. The second kappa shape index (κ2) is 7.98. The van der Waals surface area contributed by atoms with Gasteiger partial charge in [0.25, 0.3) is 0 Å². The molecule has 6 nitrogen and oxygen atoms in total. The molecule has 8 heteroatoms. The van der Waals surface area contributed by atoms with Crippen LogP contribution in [0, 0.1) is 11.6 Å². The average Bonchev–Trinajstić information content (AvgIpc) is 3.39. The molecule has 0 aliphatic carbocycles. The van der Waals surface area contributed by atoms with Crippen molar-refractivity contribution in [1.29, 1.82) is 0 Å².